The molecule has 1 aliphatic rings. The maximum atomic E-state index is 13.3. The van der Waals surface area contributed by atoms with Gasteiger partial charge in [0.05, 0.1) is 5.54 Å². The fraction of sp³-hybridized carbons (Fsp3) is 0.364. The summed E-state index contributed by atoms with van der Waals surface area (Å²) in [7, 11) is 0. The maximum absolute atomic E-state index is 13.3. The van der Waals surface area contributed by atoms with Crippen LogP contribution < -0.4 is 10.2 Å². The number of benzene rings is 2. The molecule has 7 nitrogen and oxygen atoms in total. The lowest BCUT2D eigenvalue weighted by Gasteiger charge is -2.38. The van der Waals surface area contributed by atoms with Crippen molar-refractivity contribution >= 4 is 23.4 Å². The van der Waals surface area contributed by atoms with Crippen LogP contribution in [0.5, 0.6) is 0 Å². The predicted molar refractivity (Wildman–Crippen MR) is 113 cm³/mol. The van der Waals surface area contributed by atoms with Gasteiger partial charge in [0.1, 0.15) is 0 Å². The molecule has 1 unspecified atom stereocenters. The number of para-hydroxylation sites is 2. The minimum atomic E-state index is -0.891. The molecule has 1 saturated heterocycles. The number of carbonyl (C=O) groups excluding carboxylic acids is 2. The van der Waals surface area contributed by atoms with Gasteiger partial charge < -0.3 is 10.2 Å². The van der Waals surface area contributed by atoms with E-state index >= 15 is 0 Å². The van der Waals surface area contributed by atoms with Gasteiger partial charge in [-0.2, -0.15) is 5.06 Å². The molecule has 0 radical (unpaired) electrons. The number of amides is 4. The van der Waals surface area contributed by atoms with Crippen LogP contribution in [0.25, 0.3) is 0 Å². The summed E-state index contributed by atoms with van der Waals surface area (Å²) in [5.74, 6) is 0. The van der Waals surface area contributed by atoms with Crippen molar-refractivity contribution in [3.8, 4) is 0 Å². The second kappa shape index (κ2) is 8.53. The standard InChI is InChI=1S/C22H28N4O3/c1-4-5-16-24-21(28)25(18-14-10-7-11-15-18)19(22(24,2)3)26(29)20(27)23-17-12-8-6-9-13-17/h6-15,19,29H,4-5,16H2,1-3H3,(H,23,27). The molecule has 0 saturated carbocycles. The van der Waals surface area contributed by atoms with Crippen LogP contribution in [0.15, 0.2) is 60.7 Å². The molecular weight excluding hydrogens is 368 g/mol. The fourth-order valence-corrected chi connectivity index (χ4v) is 3.70. The molecule has 2 aromatic rings. The van der Waals surface area contributed by atoms with Gasteiger partial charge in [-0.3, -0.25) is 10.1 Å². The molecule has 0 spiro atoms. The quantitative estimate of drug-likeness (QED) is 0.546. The van der Waals surface area contributed by atoms with Gasteiger partial charge in [0.2, 0.25) is 0 Å². The summed E-state index contributed by atoms with van der Waals surface area (Å²) >= 11 is 0. The zero-order valence-corrected chi connectivity index (χ0v) is 17.1. The molecule has 1 atom stereocenters. The third-order valence-electron chi connectivity index (χ3n) is 5.24. The van der Waals surface area contributed by atoms with E-state index in [0.717, 1.165) is 12.8 Å². The lowest BCUT2D eigenvalue weighted by Crippen LogP contribution is -2.58. The van der Waals surface area contributed by atoms with Crippen LogP contribution in [0.2, 0.25) is 0 Å². The second-order valence-electron chi connectivity index (χ2n) is 7.66. The van der Waals surface area contributed by atoms with Crippen LogP contribution in [0.4, 0.5) is 21.0 Å². The zero-order chi connectivity index (χ0) is 21.0. The molecule has 7 heteroatoms. The Balaban J connectivity index is 1.94. The summed E-state index contributed by atoms with van der Waals surface area (Å²) in [5.41, 5.74) is 0.388. The average Bonchev–Trinajstić information content (AvgIpc) is 2.92. The smallest absolute Gasteiger partial charge is 0.315 e. The van der Waals surface area contributed by atoms with E-state index < -0.39 is 17.7 Å². The number of anilines is 2. The van der Waals surface area contributed by atoms with Crippen molar-refractivity contribution in [3.63, 3.8) is 0 Å². The van der Waals surface area contributed by atoms with Crippen molar-refractivity contribution in [3.05, 3.63) is 60.7 Å². The monoisotopic (exact) mass is 396 g/mol. The zero-order valence-electron chi connectivity index (χ0n) is 17.1. The Morgan fingerprint density at radius 1 is 1.10 bits per heavy atom. The Bertz CT molecular complexity index is 842. The van der Waals surface area contributed by atoms with E-state index in [1.54, 1.807) is 41.3 Å². The molecule has 0 aromatic heterocycles. The van der Waals surface area contributed by atoms with Crippen LogP contribution in [0, 0.1) is 0 Å². The Hall–Kier alpha value is -3.06. The van der Waals surface area contributed by atoms with Gasteiger partial charge >= 0.3 is 12.1 Å². The number of hydrogen-bond donors (Lipinski definition) is 2. The second-order valence-corrected chi connectivity index (χ2v) is 7.66. The number of nitrogens with zero attached hydrogens (tertiary/aromatic N) is 3. The lowest BCUT2D eigenvalue weighted by molar-refractivity contribution is -0.0949. The first-order valence-corrected chi connectivity index (χ1v) is 9.88. The molecule has 154 valence electrons. The highest BCUT2D eigenvalue weighted by molar-refractivity contribution is 5.98. The molecule has 1 heterocycles. The SMILES string of the molecule is CCCCN1C(=O)N(c2ccccc2)C(N(O)C(=O)Nc2ccccc2)C1(C)C. The van der Waals surface area contributed by atoms with E-state index in [1.165, 1.54) is 4.90 Å². The summed E-state index contributed by atoms with van der Waals surface area (Å²) < 4.78 is 0. The topological polar surface area (TPSA) is 76.1 Å². The minimum absolute atomic E-state index is 0.230. The van der Waals surface area contributed by atoms with E-state index in [4.69, 9.17) is 0 Å². The van der Waals surface area contributed by atoms with Gasteiger partial charge in [-0.05, 0) is 44.5 Å². The third kappa shape index (κ3) is 4.05. The molecule has 29 heavy (non-hydrogen) atoms. The number of hydroxylamine groups is 2. The molecule has 4 amide bonds. The number of nitrogens with one attached hydrogen (secondary N) is 1. The van der Waals surface area contributed by atoms with E-state index in [-0.39, 0.29) is 6.03 Å². The first-order valence-electron chi connectivity index (χ1n) is 9.88. The van der Waals surface area contributed by atoms with Crippen LogP contribution in [-0.2, 0) is 0 Å². The highest BCUT2D eigenvalue weighted by Gasteiger charge is 2.55. The number of rotatable bonds is 6. The van der Waals surface area contributed by atoms with Gasteiger partial charge in [-0.1, -0.05) is 49.7 Å². The van der Waals surface area contributed by atoms with Gasteiger partial charge in [0, 0.05) is 17.9 Å². The van der Waals surface area contributed by atoms with Gasteiger partial charge in [0.25, 0.3) is 0 Å². The van der Waals surface area contributed by atoms with E-state index in [1.807, 2.05) is 38.1 Å². The highest BCUT2D eigenvalue weighted by atomic mass is 16.5. The van der Waals surface area contributed by atoms with Crippen molar-refractivity contribution in [1.29, 1.82) is 0 Å². The number of hydrogen-bond acceptors (Lipinski definition) is 3. The largest absolute Gasteiger partial charge is 0.347 e. The summed E-state index contributed by atoms with van der Waals surface area (Å²) in [4.78, 5) is 29.3. The lowest BCUT2D eigenvalue weighted by atomic mass is 9.99. The number of unbranched alkanes of at least 4 members (excludes halogenated alkanes) is 1. The summed E-state index contributed by atoms with van der Waals surface area (Å²) in [6, 6.07) is 17.1. The number of carbonyl (C=O) groups is 2. The van der Waals surface area contributed by atoms with Crippen LogP contribution in [0.3, 0.4) is 0 Å². The minimum Gasteiger partial charge on any atom is -0.315 e. The maximum Gasteiger partial charge on any atom is 0.347 e. The summed E-state index contributed by atoms with van der Waals surface area (Å²) in [6.45, 7) is 6.35. The molecular formula is C22H28N4O3. The van der Waals surface area contributed by atoms with Crippen molar-refractivity contribution in [2.45, 2.75) is 45.3 Å². The summed E-state index contributed by atoms with van der Waals surface area (Å²) in [5, 5.41) is 14.2. The van der Waals surface area contributed by atoms with Crippen LogP contribution >= 0.6 is 0 Å². The highest BCUT2D eigenvalue weighted by Crippen LogP contribution is 2.38. The molecule has 2 N–H and O–H groups in total. The Labute approximate surface area is 171 Å². The fourth-order valence-electron chi connectivity index (χ4n) is 3.70. The molecule has 0 bridgehead atoms. The van der Waals surface area contributed by atoms with E-state index in [9.17, 15) is 14.8 Å². The van der Waals surface area contributed by atoms with Crippen molar-refractivity contribution < 1.29 is 14.8 Å². The Morgan fingerprint density at radius 3 is 2.28 bits per heavy atom. The van der Waals surface area contributed by atoms with Crippen LogP contribution in [-0.4, -0.2) is 45.5 Å². The molecule has 2 aromatic carbocycles. The van der Waals surface area contributed by atoms with Crippen molar-refractivity contribution in [1.82, 2.24) is 9.96 Å². The number of urea groups is 2. The normalized spacial score (nSPS) is 18.1. The van der Waals surface area contributed by atoms with Crippen molar-refractivity contribution in [2.75, 3.05) is 16.8 Å². The average molecular weight is 396 g/mol. The Kier molecular flexibility index (Phi) is 6.08. The molecule has 3 rings (SSSR count). The molecule has 1 aliphatic heterocycles. The predicted octanol–water partition coefficient (Wildman–Crippen LogP) is 4.76. The first kappa shape index (κ1) is 20.7. The Morgan fingerprint density at radius 2 is 1.69 bits per heavy atom. The van der Waals surface area contributed by atoms with E-state index in [2.05, 4.69) is 12.2 Å². The van der Waals surface area contributed by atoms with Gasteiger partial charge in [0.15, 0.2) is 6.17 Å². The first-order chi connectivity index (χ1) is 13.9. The van der Waals surface area contributed by atoms with Crippen molar-refractivity contribution in [2.24, 2.45) is 0 Å². The van der Waals surface area contributed by atoms with Gasteiger partial charge in [-0.15, -0.1) is 0 Å². The van der Waals surface area contributed by atoms with E-state index in [0.29, 0.717) is 23.0 Å². The molecule has 1 fully saturated rings. The molecule has 0 aliphatic carbocycles. The van der Waals surface area contributed by atoms with Gasteiger partial charge in [-0.25, -0.2) is 9.59 Å². The van der Waals surface area contributed by atoms with Crippen LogP contribution in [0.1, 0.15) is 33.6 Å². The summed E-state index contributed by atoms with van der Waals surface area (Å²) in [6.07, 6.45) is 0.886. The third-order valence-corrected chi connectivity index (χ3v) is 5.24.